The van der Waals surface area contributed by atoms with Crippen molar-refractivity contribution < 1.29 is 13.2 Å². The van der Waals surface area contributed by atoms with Gasteiger partial charge in [-0.1, -0.05) is 49.8 Å². The van der Waals surface area contributed by atoms with Crippen LogP contribution >= 0.6 is 0 Å². The second kappa shape index (κ2) is 8.14. The first-order valence-electron chi connectivity index (χ1n) is 9.78. The highest BCUT2D eigenvalue weighted by molar-refractivity contribution is 5.76. The van der Waals surface area contributed by atoms with Gasteiger partial charge in [0.1, 0.15) is 0 Å². The minimum Gasteiger partial charge on any atom is -0.166 e. The Kier molecular flexibility index (Phi) is 6.48. The van der Waals surface area contributed by atoms with E-state index in [9.17, 15) is 13.2 Å². The molecule has 1 aromatic carbocycles. The van der Waals surface area contributed by atoms with Crippen molar-refractivity contribution in [2.45, 2.75) is 67.0 Å². The molecule has 28 heavy (non-hydrogen) atoms. The summed E-state index contributed by atoms with van der Waals surface area (Å²) in [6, 6.07) is 4.07. The fourth-order valence-corrected chi connectivity index (χ4v) is 3.50. The highest BCUT2D eigenvalue weighted by Crippen LogP contribution is 2.41. The van der Waals surface area contributed by atoms with E-state index in [0.717, 1.165) is 47.1 Å². The largest absolute Gasteiger partial charge is 0.416 e. The Morgan fingerprint density at radius 3 is 2.25 bits per heavy atom. The van der Waals surface area contributed by atoms with Crippen molar-refractivity contribution in [2.24, 2.45) is 5.41 Å². The van der Waals surface area contributed by atoms with Crippen molar-refractivity contribution in [2.75, 3.05) is 0 Å². The summed E-state index contributed by atoms with van der Waals surface area (Å²) < 4.78 is 39.6. The van der Waals surface area contributed by atoms with Gasteiger partial charge in [0.15, 0.2) is 0 Å². The van der Waals surface area contributed by atoms with Crippen LogP contribution in [-0.2, 0) is 6.18 Å². The van der Waals surface area contributed by atoms with Crippen molar-refractivity contribution in [3.05, 3.63) is 75.9 Å². The molecule has 1 aliphatic carbocycles. The molecule has 0 heterocycles. The normalized spacial score (nSPS) is 16.8. The lowest BCUT2D eigenvalue weighted by Crippen LogP contribution is -2.13. The predicted molar refractivity (Wildman–Crippen MR) is 113 cm³/mol. The molecule has 0 saturated heterocycles. The molecule has 0 radical (unpaired) electrons. The zero-order valence-corrected chi connectivity index (χ0v) is 17.8. The summed E-state index contributed by atoms with van der Waals surface area (Å²) in [6.07, 6.45) is 2.61. The molecule has 0 fully saturated rings. The third kappa shape index (κ3) is 4.68. The van der Waals surface area contributed by atoms with E-state index in [1.54, 1.807) is 6.07 Å². The monoisotopic (exact) mass is 388 g/mol. The average molecular weight is 389 g/mol. The topological polar surface area (TPSA) is 0 Å². The van der Waals surface area contributed by atoms with Crippen LogP contribution in [0.2, 0.25) is 0 Å². The van der Waals surface area contributed by atoms with Gasteiger partial charge >= 0.3 is 6.18 Å². The molecular weight excluding hydrogens is 357 g/mol. The molecule has 0 aromatic heterocycles. The number of allylic oxidation sites excluding steroid dienone is 7. The summed E-state index contributed by atoms with van der Waals surface area (Å²) in [7, 11) is 0. The Balaban J connectivity index is 2.48. The first-order valence-corrected chi connectivity index (χ1v) is 9.78. The number of hydrogen-bond acceptors (Lipinski definition) is 0. The fraction of sp³-hybridized carbons (Fsp3) is 0.440. The van der Waals surface area contributed by atoms with E-state index in [4.69, 9.17) is 0 Å². The molecular formula is C25H31F3. The standard InChI is InChI=1S/C25H31F3/c1-16(2)24(6,7)19(5)13-11-17(3)21-9-8-10-22(21)23-15-20(25(26,27)28)14-12-18(23)4/h11-15H,1,8-10H2,2-7H3/b17-11+,19-13-. The van der Waals surface area contributed by atoms with Crippen LogP contribution in [0.15, 0.2) is 59.2 Å². The van der Waals surface area contributed by atoms with Crippen molar-refractivity contribution in [3.63, 3.8) is 0 Å². The Morgan fingerprint density at radius 1 is 1.04 bits per heavy atom. The smallest absolute Gasteiger partial charge is 0.166 e. The summed E-state index contributed by atoms with van der Waals surface area (Å²) >= 11 is 0. The van der Waals surface area contributed by atoms with Gasteiger partial charge < -0.3 is 0 Å². The lowest BCUT2D eigenvalue weighted by molar-refractivity contribution is -0.137. The van der Waals surface area contributed by atoms with E-state index in [2.05, 4.69) is 46.4 Å². The summed E-state index contributed by atoms with van der Waals surface area (Å²) in [6.45, 7) is 16.4. The van der Waals surface area contributed by atoms with Gasteiger partial charge in [-0.15, -0.1) is 0 Å². The maximum absolute atomic E-state index is 13.2. The first-order chi connectivity index (χ1) is 12.9. The van der Waals surface area contributed by atoms with Crippen molar-refractivity contribution in [1.82, 2.24) is 0 Å². The average Bonchev–Trinajstić information content (AvgIpc) is 3.07. The molecule has 0 spiro atoms. The molecule has 3 heteroatoms. The lowest BCUT2D eigenvalue weighted by Gasteiger charge is -2.26. The van der Waals surface area contributed by atoms with Crippen LogP contribution in [0.3, 0.4) is 0 Å². The molecule has 152 valence electrons. The minimum absolute atomic E-state index is 0.0820. The third-order valence-electron chi connectivity index (χ3n) is 6.22. The van der Waals surface area contributed by atoms with Crippen molar-refractivity contribution >= 4 is 5.57 Å². The summed E-state index contributed by atoms with van der Waals surface area (Å²) in [4.78, 5) is 0. The van der Waals surface area contributed by atoms with Crippen LogP contribution in [0.4, 0.5) is 13.2 Å². The third-order valence-corrected chi connectivity index (χ3v) is 6.22. The lowest BCUT2D eigenvalue weighted by atomic mass is 9.79. The van der Waals surface area contributed by atoms with Crippen molar-refractivity contribution in [1.29, 1.82) is 0 Å². The highest BCUT2D eigenvalue weighted by Gasteiger charge is 2.31. The minimum atomic E-state index is -4.32. The Hall–Kier alpha value is -2.03. The number of rotatable bonds is 5. The number of aryl methyl sites for hydroxylation is 1. The Morgan fingerprint density at radius 2 is 1.68 bits per heavy atom. The molecule has 1 aromatic rings. The SMILES string of the molecule is C=C(C)C(C)(C)/C(C)=C\C=C(/C)C1=C(c2cc(C(F)(F)F)ccc2C)CCC1. The summed E-state index contributed by atoms with van der Waals surface area (Å²) in [5, 5.41) is 0. The molecule has 2 rings (SSSR count). The predicted octanol–water partition coefficient (Wildman–Crippen LogP) is 8.45. The Bertz CT molecular complexity index is 858. The van der Waals surface area contributed by atoms with E-state index in [1.807, 2.05) is 13.8 Å². The van der Waals surface area contributed by atoms with E-state index in [1.165, 1.54) is 23.3 Å². The first kappa shape index (κ1) is 22.3. The molecule has 0 nitrogen and oxygen atoms in total. The van der Waals surface area contributed by atoms with Crippen LogP contribution in [0.25, 0.3) is 5.57 Å². The molecule has 1 aliphatic rings. The zero-order valence-electron chi connectivity index (χ0n) is 17.8. The van der Waals surface area contributed by atoms with E-state index in [0.29, 0.717) is 0 Å². The molecule has 0 bridgehead atoms. The van der Waals surface area contributed by atoms with E-state index >= 15 is 0 Å². The van der Waals surface area contributed by atoms with E-state index < -0.39 is 11.7 Å². The molecule has 0 atom stereocenters. The molecule has 0 amide bonds. The van der Waals surface area contributed by atoms with Crippen LogP contribution in [0.1, 0.15) is 70.6 Å². The summed E-state index contributed by atoms with van der Waals surface area (Å²) in [5.41, 5.74) is 6.66. The number of alkyl halides is 3. The van der Waals surface area contributed by atoms with Crippen LogP contribution in [-0.4, -0.2) is 0 Å². The number of benzene rings is 1. The van der Waals surface area contributed by atoms with Gasteiger partial charge in [-0.25, -0.2) is 0 Å². The molecule has 0 aliphatic heterocycles. The number of halogens is 3. The van der Waals surface area contributed by atoms with Crippen LogP contribution < -0.4 is 0 Å². The van der Waals surface area contributed by atoms with Gasteiger partial charge in [0.2, 0.25) is 0 Å². The van der Waals surface area contributed by atoms with Gasteiger partial charge in [-0.05, 0) is 86.9 Å². The van der Waals surface area contributed by atoms with Gasteiger partial charge in [-0.3, -0.25) is 0 Å². The molecule has 0 unspecified atom stereocenters. The van der Waals surface area contributed by atoms with Gasteiger partial charge in [-0.2, -0.15) is 13.2 Å². The Labute approximate surface area is 167 Å². The van der Waals surface area contributed by atoms with Gasteiger partial charge in [0.25, 0.3) is 0 Å². The van der Waals surface area contributed by atoms with Gasteiger partial charge in [0, 0.05) is 5.41 Å². The van der Waals surface area contributed by atoms with Crippen molar-refractivity contribution in [3.8, 4) is 0 Å². The maximum Gasteiger partial charge on any atom is 0.416 e. The highest BCUT2D eigenvalue weighted by atomic mass is 19.4. The fourth-order valence-electron chi connectivity index (χ4n) is 3.50. The molecule has 0 N–H and O–H groups in total. The number of hydrogen-bond donors (Lipinski definition) is 0. The second-order valence-corrected chi connectivity index (χ2v) is 8.44. The maximum atomic E-state index is 13.2. The van der Waals surface area contributed by atoms with Crippen LogP contribution in [0, 0.1) is 12.3 Å². The molecule has 0 saturated carbocycles. The quantitative estimate of drug-likeness (QED) is 0.350. The summed E-state index contributed by atoms with van der Waals surface area (Å²) in [5.74, 6) is 0. The van der Waals surface area contributed by atoms with Gasteiger partial charge in [0.05, 0.1) is 5.56 Å². The van der Waals surface area contributed by atoms with Crippen LogP contribution in [0.5, 0.6) is 0 Å². The zero-order chi connectivity index (χ0) is 21.3. The second-order valence-electron chi connectivity index (χ2n) is 8.44. The van der Waals surface area contributed by atoms with E-state index in [-0.39, 0.29) is 5.41 Å².